The van der Waals surface area contributed by atoms with Crippen LogP contribution in [0.3, 0.4) is 0 Å². The van der Waals surface area contributed by atoms with E-state index in [4.69, 9.17) is 0 Å². The van der Waals surface area contributed by atoms with Gasteiger partial charge in [-0.1, -0.05) is 12.1 Å². The Morgan fingerprint density at radius 3 is 2.46 bits per heavy atom. The van der Waals surface area contributed by atoms with Gasteiger partial charge in [-0.2, -0.15) is 0 Å². The quantitative estimate of drug-likeness (QED) is 0.910. The number of nitrogens with zero attached hydrogens (tertiary/aromatic N) is 1. The molecule has 1 saturated heterocycles. The summed E-state index contributed by atoms with van der Waals surface area (Å²) >= 11 is 0. The molecule has 0 radical (unpaired) electrons. The van der Waals surface area contributed by atoms with E-state index < -0.39 is 0 Å². The number of likely N-dealkylation sites (tertiary alicyclic amines) is 1. The Hall–Kier alpha value is -2.69. The van der Waals surface area contributed by atoms with Crippen molar-refractivity contribution in [3.63, 3.8) is 0 Å². The third-order valence-corrected chi connectivity index (χ3v) is 5.20. The molecule has 1 aliphatic heterocycles. The van der Waals surface area contributed by atoms with Gasteiger partial charge in [0.05, 0.1) is 0 Å². The Labute approximate surface area is 152 Å². The molecule has 134 valence electrons. The predicted molar refractivity (Wildman–Crippen MR) is 97.5 cm³/mol. The van der Waals surface area contributed by atoms with Gasteiger partial charge in [0.15, 0.2) is 0 Å². The number of carbonyl (C=O) groups is 2. The van der Waals surface area contributed by atoms with E-state index in [-0.39, 0.29) is 29.5 Å². The molecular formula is C21H21FN2O2. The van der Waals surface area contributed by atoms with Crippen LogP contribution in [-0.4, -0.2) is 29.8 Å². The van der Waals surface area contributed by atoms with Gasteiger partial charge in [0.1, 0.15) is 5.82 Å². The van der Waals surface area contributed by atoms with Gasteiger partial charge in [-0.3, -0.25) is 9.59 Å². The first-order valence-corrected chi connectivity index (χ1v) is 9.07. The molecule has 2 aliphatic rings. The average molecular weight is 352 g/mol. The van der Waals surface area contributed by atoms with Gasteiger partial charge in [0.2, 0.25) is 5.91 Å². The zero-order valence-corrected chi connectivity index (χ0v) is 14.5. The molecule has 0 bridgehead atoms. The third-order valence-electron chi connectivity index (χ3n) is 5.20. The van der Waals surface area contributed by atoms with Crippen molar-refractivity contribution in [2.45, 2.75) is 25.2 Å². The number of hydrogen-bond donors (Lipinski definition) is 1. The van der Waals surface area contributed by atoms with E-state index in [0.29, 0.717) is 11.3 Å². The molecule has 4 nitrogen and oxygen atoms in total. The summed E-state index contributed by atoms with van der Waals surface area (Å²) < 4.78 is 13.3. The van der Waals surface area contributed by atoms with Gasteiger partial charge in [-0.05, 0) is 67.1 Å². The van der Waals surface area contributed by atoms with Crippen LogP contribution in [-0.2, 0) is 4.79 Å². The highest BCUT2D eigenvalue weighted by molar-refractivity contribution is 5.97. The number of hydrogen-bond acceptors (Lipinski definition) is 2. The summed E-state index contributed by atoms with van der Waals surface area (Å²) in [6, 6.07) is 13.5. The van der Waals surface area contributed by atoms with Crippen LogP contribution < -0.4 is 5.32 Å². The highest BCUT2D eigenvalue weighted by atomic mass is 19.1. The van der Waals surface area contributed by atoms with E-state index in [2.05, 4.69) is 5.32 Å². The van der Waals surface area contributed by atoms with Crippen LogP contribution in [0.5, 0.6) is 0 Å². The maximum Gasteiger partial charge on any atom is 0.253 e. The highest BCUT2D eigenvalue weighted by Crippen LogP contribution is 2.48. The molecule has 1 N–H and O–H groups in total. The Morgan fingerprint density at radius 2 is 1.77 bits per heavy atom. The second-order valence-electron chi connectivity index (χ2n) is 7.07. The molecule has 4 rings (SSSR count). The van der Waals surface area contributed by atoms with Gasteiger partial charge in [-0.25, -0.2) is 4.39 Å². The Bertz CT molecular complexity index is 828. The minimum Gasteiger partial charge on any atom is -0.339 e. The Morgan fingerprint density at radius 1 is 1.04 bits per heavy atom. The number of amides is 2. The predicted octanol–water partition coefficient (Wildman–Crippen LogP) is 3.80. The van der Waals surface area contributed by atoms with Crippen molar-refractivity contribution in [3.8, 4) is 0 Å². The second-order valence-corrected chi connectivity index (χ2v) is 7.07. The summed E-state index contributed by atoms with van der Waals surface area (Å²) in [6.45, 7) is 1.64. The van der Waals surface area contributed by atoms with Gasteiger partial charge >= 0.3 is 0 Å². The zero-order valence-electron chi connectivity index (χ0n) is 14.5. The first kappa shape index (κ1) is 16.8. The molecule has 0 spiro atoms. The van der Waals surface area contributed by atoms with Gasteiger partial charge in [0.25, 0.3) is 5.91 Å². The van der Waals surface area contributed by atoms with E-state index in [0.717, 1.165) is 37.9 Å². The van der Waals surface area contributed by atoms with Gasteiger partial charge in [-0.15, -0.1) is 0 Å². The van der Waals surface area contributed by atoms with Crippen molar-refractivity contribution in [2.24, 2.45) is 5.92 Å². The standard InChI is InChI=1S/C21H21FN2O2/c22-16-5-3-4-15(12-16)18-13-19(18)20(25)23-17-8-6-14(7-9-17)21(26)24-10-1-2-11-24/h3-9,12,18-19H,1-2,10-11,13H2,(H,23,25). The van der Waals surface area contributed by atoms with Crippen molar-refractivity contribution < 1.29 is 14.0 Å². The first-order valence-electron chi connectivity index (χ1n) is 9.07. The van der Waals surface area contributed by atoms with E-state index in [9.17, 15) is 14.0 Å². The van der Waals surface area contributed by atoms with E-state index >= 15 is 0 Å². The maximum absolute atomic E-state index is 13.3. The van der Waals surface area contributed by atoms with Crippen LogP contribution in [0, 0.1) is 11.7 Å². The lowest BCUT2D eigenvalue weighted by Crippen LogP contribution is -2.27. The average Bonchev–Trinajstić information content (AvgIpc) is 3.27. The fourth-order valence-electron chi connectivity index (χ4n) is 3.62. The third kappa shape index (κ3) is 3.47. The molecule has 2 amide bonds. The summed E-state index contributed by atoms with van der Waals surface area (Å²) in [4.78, 5) is 26.6. The second kappa shape index (κ2) is 6.90. The van der Waals surface area contributed by atoms with Crippen molar-refractivity contribution in [1.29, 1.82) is 0 Å². The molecular weight excluding hydrogens is 331 g/mol. The minimum absolute atomic E-state index is 0.0498. The van der Waals surface area contributed by atoms with E-state index in [1.54, 1.807) is 30.3 Å². The molecule has 1 heterocycles. The molecule has 2 atom stereocenters. The van der Waals surface area contributed by atoms with E-state index in [1.165, 1.54) is 12.1 Å². The number of rotatable bonds is 4. The summed E-state index contributed by atoms with van der Waals surface area (Å²) in [5.74, 6) is -0.317. The fraction of sp³-hybridized carbons (Fsp3) is 0.333. The lowest BCUT2D eigenvalue weighted by Gasteiger charge is -2.15. The maximum atomic E-state index is 13.3. The highest BCUT2D eigenvalue weighted by Gasteiger charge is 2.44. The molecule has 1 saturated carbocycles. The molecule has 5 heteroatoms. The minimum atomic E-state index is -0.271. The van der Waals surface area contributed by atoms with Crippen LogP contribution in [0.4, 0.5) is 10.1 Å². The largest absolute Gasteiger partial charge is 0.339 e. The monoisotopic (exact) mass is 352 g/mol. The Kier molecular flexibility index (Phi) is 4.45. The van der Waals surface area contributed by atoms with Crippen molar-refractivity contribution in [1.82, 2.24) is 4.90 Å². The molecule has 1 aliphatic carbocycles. The number of carbonyl (C=O) groups excluding carboxylic acids is 2. The van der Waals surface area contributed by atoms with Crippen LogP contribution in [0.1, 0.15) is 41.1 Å². The summed E-state index contributed by atoms with van der Waals surface area (Å²) in [7, 11) is 0. The molecule has 2 aromatic rings. The van der Waals surface area contributed by atoms with Gasteiger partial charge in [0, 0.05) is 30.3 Å². The molecule has 2 unspecified atom stereocenters. The fourth-order valence-corrected chi connectivity index (χ4v) is 3.62. The Balaban J connectivity index is 1.36. The SMILES string of the molecule is O=C(Nc1ccc(C(=O)N2CCCC2)cc1)C1CC1c1cccc(F)c1. The smallest absolute Gasteiger partial charge is 0.253 e. The molecule has 2 fully saturated rings. The molecule has 0 aromatic heterocycles. The number of benzene rings is 2. The summed E-state index contributed by atoms with van der Waals surface area (Å²) in [6.07, 6.45) is 2.86. The first-order chi connectivity index (χ1) is 12.6. The lowest BCUT2D eigenvalue weighted by atomic mass is 10.1. The normalized spacial score (nSPS) is 21.5. The van der Waals surface area contributed by atoms with Crippen molar-refractivity contribution in [2.75, 3.05) is 18.4 Å². The number of nitrogens with one attached hydrogen (secondary N) is 1. The van der Waals surface area contributed by atoms with Crippen LogP contribution in [0.15, 0.2) is 48.5 Å². The van der Waals surface area contributed by atoms with Crippen LogP contribution in [0.25, 0.3) is 0 Å². The topological polar surface area (TPSA) is 49.4 Å². The molecule has 2 aromatic carbocycles. The van der Waals surface area contributed by atoms with Gasteiger partial charge < -0.3 is 10.2 Å². The molecule has 26 heavy (non-hydrogen) atoms. The summed E-state index contributed by atoms with van der Waals surface area (Å²) in [5, 5.41) is 2.90. The van der Waals surface area contributed by atoms with Crippen LogP contribution in [0.2, 0.25) is 0 Å². The number of halogens is 1. The van der Waals surface area contributed by atoms with Crippen molar-refractivity contribution in [3.05, 3.63) is 65.5 Å². The number of anilines is 1. The lowest BCUT2D eigenvalue weighted by molar-refractivity contribution is -0.117. The van der Waals surface area contributed by atoms with E-state index in [1.807, 2.05) is 11.0 Å². The zero-order chi connectivity index (χ0) is 18.1. The van der Waals surface area contributed by atoms with Crippen molar-refractivity contribution >= 4 is 17.5 Å². The van der Waals surface area contributed by atoms with Crippen LogP contribution >= 0.6 is 0 Å². The summed E-state index contributed by atoms with van der Waals surface area (Å²) in [5.41, 5.74) is 2.20.